The Bertz CT molecular complexity index is 290. The van der Waals surface area contributed by atoms with Crippen LogP contribution >= 0.6 is 11.8 Å². The van der Waals surface area contributed by atoms with Gasteiger partial charge in [-0.1, -0.05) is 23.9 Å². The third-order valence-electron chi connectivity index (χ3n) is 2.25. The molecule has 0 fully saturated rings. The molecule has 1 atom stereocenters. The van der Waals surface area contributed by atoms with Gasteiger partial charge in [-0.25, -0.2) is 0 Å². The van der Waals surface area contributed by atoms with Crippen LogP contribution in [0.25, 0.3) is 0 Å². The minimum Gasteiger partial charge on any atom is -1.00 e. The first kappa shape index (κ1) is 11.2. The minimum atomic E-state index is 0. The standard InChI is InChI=1S/C10H13NS.HI/c1-3-11-8(2)12-10-7-5-4-6-9(10)11;/h4-8H,3H2,1-2H3;1H/p-1. The Hall–Kier alpha value is 0.1000. The van der Waals surface area contributed by atoms with Gasteiger partial charge in [-0.15, -0.1) is 0 Å². The molecule has 0 spiro atoms. The second-order valence-electron chi connectivity index (χ2n) is 2.97. The van der Waals surface area contributed by atoms with Gasteiger partial charge in [0.15, 0.2) is 0 Å². The van der Waals surface area contributed by atoms with Gasteiger partial charge >= 0.3 is 0 Å². The highest BCUT2D eigenvalue weighted by Crippen LogP contribution is 2.42. The zero-order valence-corrected chi connectivity index (χ0v) is 10.8. The normalized spacial score (nSPS) is 19.5. The van der Waals surface area contributed by atoms with Gasteiger partial charge in [0.25, 0.3) is 0 Å². The van der Waals surface area contributed by atoms with Crippen LogP contribution in [0.2, 0.25) is 0 Å². The summed E-state index contributed by atoms with van der Waals surface area (Å²) in [6, 6.07) is 8.62. The molecule has 0 saturated heterocycles. The molecule has 3 heteroatoms. The number of rotatable bonds is 1. The minimum absolute atomic E-state index is 0. The highest BCUT2D eigenvalue weighted by atomic mass is 127. The number of halogens is 1. The predicted molar refractivity (Wildman–Crippen MR) is 54.8 cm³/mol. The molecule has 0 radical (unpaired) electrons. The van der Waals surface area contributed by atoms with E-state index in [-0.39, 0.29) is 24.0 Å². The maximum atomic E-state index is 2.43. The highest BCUT2D eigenvalue weighted by molar-refractivity contribution is 8.00. The number of fused-ring (bicyclic) bond motifs is 1. The summed E-state index contributed by atoms with van der Waals surface area (Å²) in [5.41, 5.74) is 1.40. The summed E-state index contributed by atoms with van der Waals surface area (Å²) in [6.45, 7) is 5.57. The van der Waals surface area contributed by atoms with Gasteiger partial charge in [-0.2, -0.15) is 0 Å². The van der Waals surface area contributed by atoms with Gasteiger partial charge in [-0.05, 0) is 26.0 Å². The lowest BCUT2D eigenvalue weighted by molar-refractivity contribution is -0.00000243. The van der Waals surface area contributed by atoms with E-state index in [1.165, 1.54) is 10.6 Å². The van der Waals surface area contributed by atoms with Gasteiger partial charge in [-0.3, -0.25) is 0 Å². The van der Waals surface area contributed by atoms with Crippen molar-refractivity contribution < 1.29 is 24.0 Å². The van der Waals surface area contributed by atoms with E-state index in [2.05, 4.69) is 43.0 Å². The molecule has 0 N–H and O–H groups in total. The number of thioether (sulfide) groups is 1. The van der Waals surface area contributed by atoms with Crippen LogP contribution in [0.5, 0.6) is 0 Å². The van der Waals surface area contributed by atoms with Crippen molar-refractivity contribution in [3.63, 3.8) is 0 Å². The van der Waals surface area contributed by atoms with E-state index in [4.69, 9.17) is 0 Å². The number of anilines is 1. The van der Waals surface area contributed by atoms with Crippen molar-refractivity contribution in [1.29, 1.82) is 0 Å². The number of para-hydroxylation sites is 1. The van der Waals surface area contributed by atoms with Gasteiger partial charge in [0.2, 0.25) is 0 Å². The first-order valence-electron chi connectivity index (χ1n) is 4.35. The van der Waals surface area contributed by atoms with Crippen molar-refractivity contribution in [1.82, 2.24) is 0 Å². The van der Waals surface area contributed by atoms with Gasteiger partial charge in [0.05, 0.1) is 11.1 Å². The smallest absolute Gasteiger partial charge is 0.0769 e. The van der Waals surface area contributed by atoms with Crippen molar-refractivity contribution in [2.24, 2.45) is 0 Å². The Morgan fingerprint density at radius 1 is 1.38 bits per heavy atom. The van der Waals surface area contributed by atoms with E-state index in [9.17, 15) is 0 Å². The Kier molecular flexibility index (Phi) is 3.91. The lowest BCUT2D eigenvalue weighted by Gasteiger charge is -2.21. The van der Waals surface area contributed by atoms with Crippen molar-refractivity contribution in [2.45, 2.75) is 24.1 Å². The van der Waals surface area contributed by atoms with Crippen LogP contribution in [0.1, 0.15) is 13.8 Å². The Balaban J connectivity index is 0.000000845. The fraction of sp³-hybridized carbons (Fsp3) is 0.400. The summed E-state index contributed by atoms with van der Waals surface area (Å²) in [6.07, 6.45) is 0. The monoisotopic (exact) mass is 306 g/mol. The number of benzene rings is 1. The molecule has 1 nitrogen and oxygen atoms in total. The molecule has 1 aromatic rings. The summed E-state index contributed by atoms with van der Waals surface area (Å²) in [4.78, 5) is 3.85. The van der Waals surface area contributed by atoms with Crippen molar-refractivity contribution in [2.75, 3.05) is 11.4 Å². The van der Waals surface area contributed by atoms with Crippen LogP contribution in [0.4, 0.5) is 5.69 Å². The summed E-state index contributed by atoms with van der Waals surface area (Å²) in [5.74, 6) is 0. The average molecular weight is 306 g/mol. The van der Waals surface area contributed by atoms with E-state index in [0.29, 0.717) is 5.37 Å². The molecule has 0 bridgehead atoms. The second-order valence-corrected chi connectivity index (χ2v) is 4.33. The van der Waals surface area contributed by atoms with E-state index >= 15 is 0 Å². The summed E-state index contributed by atoms with van der Waals surface area (Å²) in [5, 5.41) is 0.604. The molecule has 13 heavy (non-hydrogen) atoms. The topological polar surface area (TPSA) is 3.24 Å². The maximum absolute atomic E-state index is 2.43. The number of nitrogens with zero attached hydrogens (tertiary/aromatic N) is 1. The molecule has 0 saturated carbocycles. The quantitative estimate of drug-likeness (QED) is 0.671. The van der Waals surface area contributed by atoms with Crippen LogP contribution in [-0.4, -0.2) is 11.9 Å². The van der Waals surface area contributed by atoms with Gasteiger partial charge in [0.1, 0.15) is 0 Å². The first-order chi connectivity index (χ1) is 5.83. The third kappa shape index (κ3) is 1.96. The summed E-state index contributed by atoms with van der Waals surface area (Å²) < 4.78 is 0. The van der Waals surface area contributed by atoms with Crippen molar-refractivity contribution in [3.05, 3.63) is 24.3 Å². The fourth-order valence-corrected chi connectivity index (χ4v) is 2.89. The van der Waals surface area contributed by atoms with Crippen molar-refractivity contribution >= 4 is 17.4 Å². The molecule has 0 aromatic heterocycles. The summed E-state index contributed by atoms with van der Waals surface area (Å²) >= 11 is 1.95. The van der Waals surface area contributed by atoms with Crippen LogP contribution in [-0.2, 0) is 0 Å². The van der Waals surface area contributed by atoms with E-state index in [1.54, 1.807) is 0 Å². The van der Waals surface area contributed by atoms with Crippen LogP contribution in [0.15, 0.2) is 29.2 Å². The zero-order chi connectivity index (χ0) is 8.55. The van der Waals surface area contributed by atoms with Crippen LogP contribution in [0.3, 0.4) is 0 Å². The summed E-state index contributed by atoms with van der Waals surface area (Å²) in [7, 11) is 0. The van der Waals surface area contributed by atoms with Crippen molar-refractivity contribution in [3.8, 4) is 0 Å². The van der Waals surface area contributed by atoms with E-state index < -0.39 is 0 Å². The Morgan fingerprint density at radius 2 is 2.08 bits per heavy atom. The SMILES string of the molecule is CCN1c2ccccc2SC1C.[I-]. The predicted octanol–water partition coefficient (Wildman–Crippen LogP) is -0.0314. The van der Waals surface area contributed by atoms with Crippen LogP contribution in [0, 0.1) is 0 Å². The lowest BCUT2D eigenvalue weighted by atomic mass is 10.3. The van der Waals surface area contributed by atoms with E-state index in [1.807, 2.05) is 11.8 Å². The number of hydrogen-bond donors (Lipinski definition) is 0. The highest BCUT2D eigenvalue weighted by Gasteiger charge is 2.24. The molecule has 1 aliphatic rings. The Labute approximate surface area is 101 Å². The molecular weight excluding hydrogens is 293 g/mol. The molecule has 0 amide bonds. The fourth-order valence-electron chi connectivity index (χ4n) is 1.66. The average Bonchev–Trinajstić information content (AvgIpc) is 2.40. The molecule has 1 aliphatic heterocycles. The number of hydrogen-bond acceptors (Lipinski definition) is 2. The lowest BCUT2D eigenvalue weighted by Crippen LogP contribution is -3.00. The van der Waals surface area contributed by atoms with Gasteiger partial charge in [0, 0.05) is 11.4 Å². The molecule has 0 aliphatic carbocycles. The largest absolute Gasteiger partial charge is 1.00 e. The van der Waals surface area contributed by atoms with Crippen LogP contribution < -0.4 is 28.9 Å². The second kappa shape index (κ2) is 4.55. The third-order valence-corrected chi connectivity index (χ3v) is 3.45. The molecular formula is C10H13INS-. The molecule has 1 heterocycles. The molecule has 1 unspecified atom stereocenters. The zero-order valence-electron chi connectivity index (χ0n) is 7.83. The molecule has 1 aromatic carbocycles. The van der Waals surface area contributed by atoms with Gasteiger partial charge < -0.3 is 28.9 Å². The van der Waals surface area contributed by atoms with E-state index in [0.717, 1.165) is 6.54 Å². The molecule has 72 valence electrons. The first-order valence-corrected chi connectivity index (χ1v) is 5.23. The maximum Gasteiger partial charge on any atom is 0.0769 e. The Morgan fingerprint density at radius 3 is 2.77 bits per heavy atom. The molecule has 2 rings (SSSR count).